The van der Waals surface area contributed by atoms with Gasteiger partial charge in [0.2, 0.25) is 0 Å². The molecule has 6 nitrogen and oxygen atoms in total. The molecule has 0 fully saturated rings. The predicted molar refractivity (Wildman–Crippen MR) is 114 cm³/mol. The third-order valence-electron chi connectivity index (χ3n) is 4.47. The second kappa shape index (κ2) is 11.6. The lowest BCUT2D eigenvalue weighted by Crippen LogP contribution is -2.57. The van der Waals surface area contributed by atoms with Gasteiger partial charge in [0.15, 0.2) is 0 Å². The molecule has 0 unspecified atom stereocenters. The Morgan fingerprint density at radius 1 is 1.03 bits per heavy atom. The highest BCUT2D eigenvalue weighted by atomic mass is 35.5. The average molecular weight is 443 g/mol. The van der Waals surface area contributed by atoms with Crippen LogP contribution in [-0.2, 0) is 32.2 Å². The summed E-state index contributed by atoms with van der Waals surface area (Å²) in [6, 6.07) is 7.86. The monoisotopic (exact) mass is 442 g/mol. The van der Waals surface area contributed by atoms with Crippen LogP contribution in [0.5, 0.6) is 0 Å². The van der Waals surface area contributed by atoms with Crippen LogP contribution in [0.25, 0.3) is 0 Å². The molecule has 0 bridgehead atoms. The first-order valence-corrected chi connectivity index (χ1v) is 10.5. The predicted octanol–water partition coefficient (Wildman–Crippen LogP) is 4.03. The number of hydrogen-bond donors (Lipinski definition) is 0. The maximum Gasteiger partial charge on any atom is 0.283 e. The van der Waals surface area contributed by atoms with Crippen molar-refractivity contribution >= 4 is 17.5 Å². The van der Waals surface area contributed by atoms with Gasteiger partial charge in [-0.05, 0) is 38.3 Å². The van der Waals surface area contributed by atoms with Crippen molar-refractivity contribution in [2.75, 3.05) is 40.1 Å². The van der Waals surface area contributed by atoms with E-state index < -0.39 is 0 Å². The third-order valence-corrected chi connectivity index (χ3v) is 4.85. The number of likely N-dealkylation sites (N-methyl/N-ethyl adjacent to an activating group) is 1. The Morgan fingerprint density at radius 2 is 1.63 bits per heavy atom. The number of carbonyl (C=O) groups excluding carboxylic acids is 1. The Morgan fingerprint density at radius 3 is 2.23 bits per heavy atom. The normalized spacial score (nSPS) is 15.8. The van der Waals surface area contributed by atoms with Crippen LogP contribution >= 0.6 is 11.6 Å². The molecule has 0 spiro atoms. The molecule has 0 saturated carbocycles. The molecular weight excluding hydrogens is 411 g/mol. The van der Waals surface area contributed by atoms with Crippen molar-refractivity contribution in [2.24, 2.45) is 0 Å². The second-order valence-corrected chi connectivity index (χ2v) is 8.53. The SMILES string of the molecule is CN1CC(OCc2ccc(COCCOCCCF)cc2)=C(Cl)C(=O)N1C(C)(C)C. The first-order chi connectivity index (χ1) is 14.2. The Bertz CT molecular complexity index is 719. The smallest absolute Gasteiger partial charge is 0.283 e. The summed E-state index contributed by atoms with van der Waals surface area (Å²) >= 11 is 6.29. The molecule has 0 saturated heterocycles. The van der Waals surface area contributed by atoms with Crippen molar-refractivity contribution in [2.45, 2.75) is 45.9 Å². The van der Waals surface area contributed by atoms with E-state index >= 15 is 0 Å². The summed E-state index contributed by atoms with van der Waals surface area (Å²) in [6.45, 7) is 8.11. The van der Waals surface area contributed by atoms with E-state index in [4.69, 9.17) is 25.8 Å². The van der Waals surface area contributed by atoms with E-state index in [1.807, 2.05) is 57.1 Å². The van der Waals surface area contributed by atoms with Crippen molar-refractivity contribution < 1.29 is 23.4 Å². The zero-order chi connectivity index (χ0) is 22.1. The van der Waals surface area contributed by atoms with Crippen LogP contribution in [0.4, 0.5) is 4.39 Å². The highest BCUT2D eigenvalue weighted by molar-refractivity contribution is 6.42. The second-order valence-electron chi connectivity index (χ2n) is 8.15. The van der Waals surface area contributed by atoms with Gasteiger partial charge >= 0.3 is 0 Å². The topological polar surface area (TPSA) is 51.2 Å². The summed E-state index contributed by atoms with van der Waals surface area (Å²) in [6.07, 6.45) is 0.422. The molecule has 0 aliphatic carbocycles. The van der Waals surface area contributed by atoms with Crippen LogP contribution in [-0.4, -0.2) is 61.6 Å². The van der Waals surface area contributed by atoms with Gasteiger partial charge in [-0.2, -0.15) is 0 Å². The summed E-state index contributed by atoms with van der Waals surface area (Å²) in [5.74, 6) is 0.221. The number of alkyl halides is 1. The number of hydrogen-bond acceptors (Lipinski definition) is 5. The molecule has 1 aromatic rings. The molecule has 1 amide bonds. The molecule has 1 aromatic carbocycles. The minimum absolute atomic E-state index is 0.127. The van der Waals surface area contributed by atoms with Crippen LogP contribution < -0.4 is 0 Å². The van der Waals surface area contributed by atoms with Crippen molar-refractivity contribution in [3.05, 3.63) is 46.2 Å². The zero-order valence-corrected chi connectivity index (χ0v) is 19.0. The van der Waals surface area contributed by atoms with Gasteiger partial charge in [-0.15, -0.1) is 0 Å². The van der Waals surface area contributed by atoms with Gasteiger partial charge in [0.05, 0.1) is 38.6 Å². The maximum absolute atomic E-state index is 12.6. The van der Waals surface area contributed by atoms with Crippen LogP contribution in [0.2, 0.25) is 0 Å². The Labute approximate surface area is 183 Å². The van der Waals surface area contributed by atoms with E-state index in [1.54, 1.807) is 5.01 Å². The third kappa shape index (κ3) is 7.23. The number of benzene rings is 1. The highest BCUT2D eigenvalue weighted by Crippen LogP contribution is 2.28. The van der Waals surface area contributed by atoms with E-state index in [0.717, 1.165) is 11.1 Å². The van der Waals surface area contributed by atoms with Gasteiger partial charge in [0.25, 0.3) is 5.91 Å². The Kier molecular flexibility index (Phi) is 9.55. The highest BCUT2D eigenvalue weighted by Gasteiger charge is 2.37. The fraction of sp³-hybridized carbons (Fsp3) is 0.591. The minimum Gasteiger partial charge on any atom is -0.490 e. The maximum atomic E-state index is 12.6. The lowest BCUT2D eigenvalue weighted by molar-refractivity contribution is -0.157. The Hall–Kier alpha value is -1.67. The van der Waals surface area contributed by atoms with E-state index in [9.17, 15) is 9.18 Å². The van der Waals surface area contributed by atoms with Gasteiger partial charge in [-0.1, -0.05) is 35.9 Å². The number of ether oxygens (including phenoxy) is 3. The largest absolute Gasteiger partial charge is 0.490 e. The standard InChI is InChI=1S/C22H32ClFN2O4/c1-22(2,3)26-21(27)20(23)19(14-25(26)4)30-16-18-8-6-17(7-9-18)15-29-13-12-28-11-5-10-24/h6-9H,5,10-16H2,1-4H3. The molecule has 1 heterocycles. The van der Waals surface area contributed by atoms with Crippen molar-refractivity contribution in [1.82, 2.24) is 10.0 Å². The van der Waals surface area contributed by atoms with Crippen molar-refractivity contribution in [3.63, 3.8) is 0 Å². The summed E-state index contributed by atoms with van der Waals surface area (Å²) < 4.78 is 28.6. The molecule has 0 aromatic heterocycles. The number of rotatable bonds is 11. The molecule has 0 atom stereocenters. The number of amides is 1. The number of hydrazine groups is 1. The van der Waals surface area contributed by atoms with Crippen LogP contribution in [0.1, 0.15) is 38.3 Å². The summed E-state index contributed by atoms with van der Waals surface area (Å²) in [5.41, 5.74) is 1.64. The van der Waals surface area contributed by atoms with Crippen molar-refractivity contribution in [3.8, 4) is 0 Å². The fourth-order valence-corrected chi connectivity index (χ4v) is 3.30. The van der Waals surface area contributed by atoms with E-state index in [2.05, 4.69) is 0 Å². The lowest BCUT2D eigenvalue weighted by Gasteiger charge is -2.44. The number of halogens is 2. The molecule has 0 N–H and O–H groups in total. The van der Waals surface area contributed by atoms with Gasteiger partial charge in [0, 0.05) is 13.7 Å². The van der Waals surface area contributed by atoms with Gasteiger partial charge < -0.3 is 14.2 Å². The quantitative estimate of drug-likeness (QED) is 0.484. The first-order valence-electron chi connectivity index (χ1n) is 10.1. The summed E-state index contributed by atoms with van der Waals surface area (Å²) in [7, 11) is 1.84. The molecule has 1 aliphatic heterocycles. The van der Waals surface area contributed by atoms with E-state index in [0.29, 0.717) is 51.8 Å². The molecule has 30 heavy (non-hydrogen) atoms. The fourth-order valence-electron chi connectivity index (χ4n) is 3.11. The molecule has 168 valence electrons. The molecule has 0 radical (unpaired) electrons. The van der Waals surface area contributed by atoms with Crippen molar-refractivity contribution in [1.29, 1.82) is 0 Å². The van der Waals surface area contributed by atoms with Gasteiger partial charge in [-0.3, -0.25) is 14.2 Å². The minimum atomic E-state index is -0.365. The average Bonchev–Trinajstić information content (AvgIpc) is 2.69. The first kappa shape index (κ1) is 24.6. The van der Waals surface area contributed by atoms with E-state index in [1.165, 1.54) is 0 Å². The molecule has 8 heteroatoms. The van der Waals surface area contributed by atoms with Gasteiger partial charge in [-0.25, -0.2) is 5.01 Å². The zero-order valence-electron chi connectivity index (χ0n) is 18.2. The summed E-state index contributed by atoms with van der Waals surface area (Å²) in [4.78, 5) is 12.6. The molecule has 2 rings (SSSR count). The van der Waals surface area contributed by atoms with E-state index in [-0.39, 0.29) is 23.2 Å². The lowest BCUT2D eigenvalue weighted by atomic mass is 10.1. The molecule has 1 aliphatic rings. The van der Waals surface area contributed by atoms with Crippen LogP contribution in [0, 0.1) is 0 Å². The Balaban J connectivity index is 1.81. The summed E-state index contributed by atoms with van der Waals surface area (Å²) in [5, 5.41) is 3.59. The number of carbonyl (C=O) groups is 1. The molecular formula is C22H32ClFN2O4. The van der Waals surface area contributed by atoms with Crippen LogP contribution in [0.3, 0.4) is 0 Å². The van der Waals surface area contributed by atoms with Gasteiger partial charge in [0.1, 0.15) is 17.4 Å². The van der Waals surface area contributed by atoms with Crippen LogP contribution in [0.15, 0.2) is 35.1 Å². The number of nitrogens with zero attached hydrogens (tertiary/aromatic N) is 2.